The Labute approximate surface area is 210 Å². The zero-order chi connectivity index (χ0) is 24.5. The summed E-state index contributed by atoms with van der Waals surface area (Å²) in [4.78, 5) is 32.6. The molecular formula is C26H31Cl2N3O3. The highest BCUT2D eigenvalue weighted by atomic mass is 35.5. The number of carbonyl (C=O) groups excluding carboxylic acids is 2. The SMILES string of the molecule is CCC(=O)N(CCCOC)CC(=O)N(CCc1c[nH]c2ccccc12)Cc1ccc(Cl)c(Cl)c1. The summed E-state index contributed by atoms with van der Waals surface area (Å²) in [7, 11) is 1.63. The molecule has 0 saturated carbocycles. The quantitative estimate of drug-likeness (QED) is 0.340. The molecule has 3 rings (SSSR count). The molecule has 34 heavy (non-hydrogen) atoms. The highest BCUT2D eigenvalue weighted by molar-refractivity contribution is 6.42. The van der Waals surface area contributed by atoms with Gasteiger partial charge >= 0.3 is 0 Å². The maximum Gasteiger partial charge on any atom is 0.242 e. The number of H-pyrrole nitrogens is 1. The number of aromatic amines is 1. The summed E-state index contributed by atoms with van der Waals surface area (Å²) in [5, 5.41) is 2.07. The van der Waals surface area contributed by atoms with E-state index in [2.05, 4.69) is 11.1 Å². The Hall–Kier alpha value is -2.54. The molecule has 8 heteroatoms. The van der Waals surface area contributed by atoms with Crippen LogP contribution in [0.3, 0.4) is 0 Å². The maximum atomic E-state index is 13.4. The van der Waals surface area contributed by atoms with Crippen molar-refractivity contribution in [2.24, 2.45) is 0 Å². The number of fused-ring (bicyclic) bond motifs is 1. The number of hydrogen-bond acceptors (Lipinski definition) is 3. The highest BCUT2D eigenvalue weighted by Gasteiger charge is 2.21. The summed E-state index contributed by atoms with van der Waals surface area (Å²) >= 11 is 12.3. The van der Waals surface area contributed by atoms with Crippen LogP contribution in [0.4, 0.5) is 0 Å². The second-order valence-electron chi connectivity index (χ2n) is 8.19. The largest absolute Gasteiger partial charge is 0.385 e. The average molecular weight is 504 g/mol. The molecule has 2 aromatic carbocycles. The number of para-hydroxylation sites is 1. The lowest BCUT2D eigenvalue weighted by atomic mass is 10.1. The second kappa shape index (κ2) is 12.8. The third kappa shape index (κ3) is 6.98. The minimum Gasteiger partial charge on any atom is -0.385 e. The van der Waals surface area contributed by atoms with Crippen molar-refractivity contribution in [3.63, 3.8) is 0 Å². The Balaban J connectivity index is 1.78. The lowest BCUT2D eigenvalue weighted by molar-refractivity contribution is -0.140. The molecule has 6 nitrogen and oxygen atoms in total. The molecule has 0 aliphatic carbocycles. The van der Waals surface area contributed by atoms with E-state index in [1.54, 1.807) is 36.0 Å². The van der Waals surface area contributed by atoms with E-state index in [1.807, 2.05) is 30.5 Å². The fourth-order valence-corrected chi connectivity index (χ4v) is 4.24. The molecule has 3 aromatic rings. The van der Waals surface area contributed by atoms with E-state index in [4.69, 9.17) is 27.9 Å². The third-order valence-corrected chi connectivity index (χ3v) is 6.53. The number of nitrogens with one attached hydrogen (secondary N) is 1. The van der Waals surface area contributed by atoms with Gasteiger partial charge in [-0.1, -0.05) is 54.4 Å². The van der Waals surface area contributed by atoms with Gasteiger partial charge in [-0.05, 0) is 42.2 Å². The number of halogens is 2. The van der Waals surface area contributed by atoms with Gasteiger partial charge in [-0.2, -0.15) is 0 Å². The minimum atomic E-state index is -0.106. The molecule has 1 N–H and O–H groups in total. The van der Waals surface area contributed by atoms with Crippen molar-refractivity contribution in [2.75, 3.05) is 33.4 Å². The zero-order valence-electron chi connectivity index (χ0n) is 19.7. The van der Waals surface area contributed by atoms with Crippen LogP contribution in [-0.4, -0.2) is 59.9 Å². The van der Waals surface area contributed by atoms with Crippen LogP contribution in [0.5, 0.6) is 0 Å². The molecule has 0 radical (unpaired) electrons. The van der Waals surface area contributed by atoms with Crippen LogP contribution >= 0.6 is 23.2 Å². The lowest BCUT2D eigenvalue weighted by Crippen LogP contribution is -2.43. The molecule has 0 spiro atoms. The van der Waals surface area contributed by atoms with E-state index < -0.39 is 0 Å². The van der Waals surface area contributed by atoms with Crippen molar-refractivity contribution < 1.29 is 14.3 Å². The van der Waals surface area contributed by atoms with E-state index in [9.17, 15) is 9.59 Å². The summed E-state index contributed by atoms with van der Waals surface area (Å²) < 4.78 is 5.11. The van der Waals surface area contributed by atoms with Gasteiger partial charge in [-0.15, -0.1) is 0 Å². The minimum absolute atomic E-state index is 0.0333. The molecule has 1 heterocycles. The van der Waals surface area contributed by atoms with Crippen molar-refractivity contribution in [2.45, 2.75) is 32.7 Å². The topological polar surface area (TPSA) is 65.6 Å². The average Bonchev–Trinajstić information content (AvgIpc) is 3.26. The summed E-state index contributed by atoms with van der Waals surface area (Å²) in [5.41, 5.74) is 3.09. The predicted molar refractivity (Wildman–Crippen MR) is 137 cm³/mol. The molecule has 1 aromatic heterocycles. The number of carbonyl (C=O) groups is 2. The first-order chi connectivity index (χ1) is 16.4. The van der Waals surface area contributed by atoms with Gasteiger partial charge in [0.25, 0.3) is 0 Å². The molecule has 182 valence electrons. The van der Waals surface area contributed by atoms with E-state index in [0.717, 1.165) is 22.0 Å². The molecule has 0 aliphatic rings. The van der Waals surface area contributed by atoms with Crippen molar-refractivity contribution in [1.29, 1.82) is 0 Å². The normalized spacial score (nSPS) is 11.1. The smallest absolute Gasteiger partial charge is 0.242 e. The number of ether oxygens (including phenoxy) is 1. The Kier molecular flexibility index (Phi) is 9.81. The van der Waals surface area contributed by atoms with Gasteiger partial charge in [0.05, 0.1) is 16.6 Å². The van der Waals surface area contributed by atoms with Gasteiger partial charge in [-0.3, -0.25) is 9.59 Å². The number of nitrogens with zero attached hydrogens (tertiary/aromatic N) is 2. The Bertz CT molecular complexity index is 1120. The number of rotatable bonds is 12. The van der Waals surface area contributed by atoms with Crippen LogP contribution < -0.4 is 0 Å². The standard InChI is InChI=1S/C26H31Cl2N3O3/c1-3-25(32)30(12-6-14-34-2)18-26(33)31(17-19-9-10-22(27)23(28)15-19)13-11-20-16-29-24-8-5-4-7-21(20)24/h4-5,7-10,15-16,29H,3,6,11-14,17-18H2,1-2H3. The Morgan fingerprint density at radius 3 is 2.53 bits per heavy atom. The van der Waals surface area contributed by atoms with Crippen LogP contribution in [-0.2, 0) is 27.3 Å². The van der Waals surface area contributed by atoms with Crippen LogP contribution in [0.1, 0.15) is 30.9 Å². The monoisotopic (exact) mass is 503 g/mol. The molecule has 0 unspecified atom stereocenters. The summed E-state index contributed by atoms with van der Waals surface area (Å²) in [6, 6.07) is 13.5. The first kappa shape index (κ1) is 26.1. The van der Waals surface area contributed by atoms with Gasteiger partial charge in [-0.25, -0.2) is 0 Å². The van der Waals surface area contributed by atoms with Gasteiger partial charge in [0.1, 0.15) is 0 Å². The summed E-state index contributed by atoms with van der Waals surface area (Å²) in [5.74, 6) is -0.152. The predicted octanol–water partition coefficient (Wildman–Crippen LogP) is 5.32. The van der Waals surface area contributed by atoms with Crippen molar-refractivity contribution in [3.05, 3.63) is 69.8 Å². The molecule has 0 saturated heterocycles. The van der Waals surface area contributed by atoms with Gasteiger partial charge in [0.15, 0.2) is 0 Å². The fraction of sp³-hybridized carbons (Fsp3) is 0.385. The molecule has 0 atom stereocenters. The third-order valence-electron chi connectivity index (χ3n) is 5.79. The maximum absolute atomic E-state index is 13.4. The molecule has 2 amide bonds. The van der Waals surface area contributed by atoms with E-state index >= 15 is 0 Å². The van der Waals surface area contributed by atoms with Gasteiger partial charge in [0.2, 0.25) is 11.8 Å². The number of aromatic nitrogens is 1. The van der Waals surface area contributed by atoms with E-state index in [0.29, 0.717) is 55.5 Å². The van der Waals surface area contributed by atoms with Crippen LogP contribution in [0.15, 0.2) is 48.7 Å². The number of hydrogen-bond donors (Lipinski definition) is 1. The van der Waals surface area contributed by atoms with Crippen molar-refractivity contribution >= 4 is 45.9 Å². The number of amides is 2. The molecule has 0 aliphatic heterocycles. The molecule has 0 fully saturated rings. The fourth-order valence-electron chi connectivity index (χ4n) is 3.92. The molecule has 0 bridgehead atoms. The van der Waals surface area contributed by atoms with Crippen LogP contribution in [0.25, 0.3) is 10.9 Å². The van der Waals surface area contributed by atoms with Gasteiger partial charge < -0.3 is 19.5 Å². The van der Waals surface area contributed by atoms with Crippen molar-refractivity contribution in [1.82, 2.24) is 14.8 Å². The summed E-state index contributed by atoms with van der Waals surface area (Å²) in [6.07, 6.45) is 3.70. The first-order valence-corrected chi connectivity index (χ1v) is 12.2. The Morgan fingerprint density at radius 1 is 1.00 bits per heavy atom. The highest BCUT2D eigenvalue weighted by Crippen LogP contribution is 2.24. The van der Waals surface area contributed by atoms with Gasteiger partial charge in [0, 0.05) is 56.9 Å². The Morgan fingerprint density at radius 2 is 1.79 bits per heavy atom. The summed E-state index contributed by atoms with van der Waals surface area (Å²) in [6.45, 7) is 3.74. The van der Waals surface area contributed by atoms with Crippen molar-refractivity contribution in [3.8, 4) is 0 Å². The number of methoxy groups -OCH3 is 1. The zero-order valence-corrected chi connectivity index (χ0v) is 21.2. The lowest BCUT2D eigenvalue weighted by Gasteiger charge is -2.28. The van der Waals surface area contributed by atoms with Crippen LogP contribution in [0, 0.1) is 0 Å². The number of benzene rings is 2. The second-order valence-corrected chi connectivity index (χ2v) is 9.00. The molecular weight excluding hydrogens is 473 g/mol. The first-order valence-electron chi connectivity index (χ1n) is 11.5. The van der Waals surface area contributed by atoms with Crippen LogP contribution in [0.2, 0.25) is 10.0 Å². The van der Waals surface area contributed by atoms with E-state index in [-0.39, 0.29) is 18.4 Å². The van der Waals surface area contributed by atoms with E-state index in [1.165, 1.54) is 0 Å².